The summed E-state index contributed by atoms with van der Waals surface area (Å²) < 4.78 is 0. The maximum atomic E-state index is 13.0. The van der Waals surface area contributed by atoms with E-state index in [-0.39, 0.29) is 11.5 Å². The van der Waals surface area contributed by atoms with Gasteiger partial charge in [-0.1, -0.05) is 35.3 Å². The van der Waals surface area contributed by atoms with Crippen molar-refractivity contribution in [1.82, 2.24) is 10.0 Å². The number of hydroxylamine groups is 2. The molecule has 0 atom stereocenters. The molecule has 2 N–H and O–H groups in total. The molecule has 0 radical (unpaired) electrons. The third kappa shape index (κ3) is 3.53. The highest BCUT2D eigenvalue weighted by atomic mass is 35.5. The number of carbonyl (C=O) groups excluding carboxylic acids is 2. The summed E-state index contributed by atoms with van der Waals surface area (Å²) in [4.78, 5) is 33.1. The number of amides is 2. The molecule has 2 aromatic carbocycles. The Morgan fingerprint density at radius 1 is 1.12 bits per heavy atom. The maximum absolute atomic E-state index is 13.0. The van der Waals surface area contributed by atoms with Gasteiger partial charge in [-0.15, -0.1) is 0 Å². The third-order valence-corrected chi connectivity index (χ3v) is 4.34. The van der Waals surface area contributed by atoms with Gasteiger partial charge >= 0.3 is 6.03 Å². The fourth-order valence-corrected chi connectivity index (χ4v) is 2.87. The van der Waals surface area contributed by atoms with E-state index < -0.39 is 6.03 Å². The van der Waals surface area contributed by atoms with E-state index in [9.17, 15) is 9.59 Å². The van der Waals surface area contributed by atoms with Crippen molar-refractivity contribution in [2.24, 2.45) is 0 Å². The molecule has 3 rings (SSSR count). The number of rotatable bonds is 4. The number of ketones is 1. The van der Waals surface area contributed by atoms with Gasteiger partial charge in [-0.2, -0.15) is 0 Å². The van der Waals surface area contributed by atoms with Gasteiger partial charge in [0.1, 0.15) is 5.69 Å². The third-order valence-electron chi connectivity index (χ3n) is 3.87. The highest BCUT2D eigenvalue weighted by Gasteiger charge is 2.22. The van der Waals surface area contributed by atoms with Gasteiger partial charge in [0.05, 0.1) is 12.8 Å². The lowest BCUT2D eigenvalue weighted by molar-refractivity contribution is -0.0598. The fourth-order valence-electron chi connectivity index (χ4n) is 2.51. The second kappa shape index (κ2) is 7.37. The number of aromatic nitrogens is 1. The van der Waals surface area contributed by atoms with Crippen LogP contribution < -0.4 is 5.32 Å². The first kappa shape index (κ1) is 18.3. The van der Waals surface area contributed by atoms with E-state index in [4.69, 9.17) is 28.0 Å². The van der Waals surface area contributed by atoms with E-state index in [1.807, 2.05) is 0 Å². The van der Waals surface area contributed by atoms with Crippen molar-refractivity contribution in [3.63, 3.8) is 0 Å². The van der Waals surface area contributed by atoms with Crippen molar-refractivity contribution in [3.8, 4) is 0 Å². The Hall–Kier alpha value is -2.54. The Kier molecular flexibility index (Phi) is 5.18. The van der Waals surface area contributed by atoms with Crippen LogP contribution >= 0.6 is 23.2 Å². The van der Waals surface area contributed by atoms with E-state index in [0.29, 0.717) is 32.2 Å². The van der Waals surface area contributed by atoms with Crippen molar-refractivity contribution in [1.29, 1.82) is 0 Å². The first-order valence-electron chi connectivity index (χ1n) is 7.61. The molecule has 6 nitrogen and oxygen atoms in total. The molecule has 2 amide bonds. The van der Waals surface area contributed by atoms with Crippen molar-refractivity contribution in [2.45, 2.75) is 0 Å². The minimum Gasteiger partial charge on any atom is -0.350 e. The van der Waals surface area contributed by atoms with Gasteiger partial charge in [-0.25, -0.2) is 9.86 Å². The van der Waals surface area contributed by atoms with Crippen LogP contribution in [0.5, 0.6) is 0 Å². The number of nitrogens with one attached hydrogen (secondary N) is 2. The van der Waals surface area contributed by atoms with Crippen LogP contribution in [0.4, 0.5) is 10.5 Å². The summed E-state index contributed by atoms with van der Waals surface area (Å²) in [5.74, 6) is -0.310. The van der Waals surface area contributed by atoms with E-state index in [2.05, 4.69) is 10.3 Å². The second-order valence-corrected chi connectivity index (χ2v) is 6.39. The molecule has 0 unspecified atom stereocenters. The number of anilines is 1. The molecule has 0 fully saturated rings. The first-order valence-corrected chi connectivity index (χ1v) is 8.36. The monoisotopic (exact) mass is 391 g/mol. The molecule has 0 saturated carbocycles. The summed E-state index contributed by atoms with van der Waals surface area (Å²) >= 11 is 12.0. The van der Waals surface area contributed by atoms with Crippen molar-refractivity contribution in [2.75, 3.05) is 19.5 Å². The first-order chi connectivity index (χ1) is 12.4. The van der Waals surface area contributed by atoms with Crippen LogP contribution in [0.3, 0.4) is 0 Å². The molecular formula is C18H15Cl2N3O3. The smallest absolute Gasteiger partial charge is 0.345 e. The molecule has 0 aliphatic carbocycles. The highest BCUT2D eigenvalue weighted by Crippen LogP contribution is 2.32. The predicted octanol–water partition coefficient (Wildman–Crippen LogP) is 4.73. The Morgan fingerprint density at radius 2 is 1.85 bits per heavy atom. The van der Waals surface area contributed by atoms with Gasteiger partial charge in [0.15, 0.2) is 0 Å². The van der Waals surface area contributed by atoms with Crippen LogP contribution in [0.25, 0.3) is 10.9 Å². The molecule has 0 aliphatic rings. The van der Waals surface area contributed by atoms with Crippen molar-refractivity contribution in [3.05, 3.63) is 63.8 Å². The van der Waals surface area contributed by atoms with E-state index in [1.165, 1.54) is 14.2 Å². The molecule has 0 bridgehead atoms. The van der Waals surface area contributed by atoms with Gasteiger partial charge < -0.3 is 10.3 Å². The normalized spacial score (nSPS) is 10.8. The van der Waals surface area contributed by atoms with Crippen LogP contribution in [0.2, 0.25) is 10.0 Å². The number of halogens is 2. The molecular weight excluding hydrogens is 377 g/mol. The second-order valence-electron chi connectivity index (χ2n) is 5.51. The Morgan fingerprint density at radius 3 is 2.54 bits per heavy atom. The maximum Gasteiger partial charge on any atom is 0.345 e. The molecule has 26 heavy (non-hydrogen) atoms. The Bertz CT molecular complexity index is 1000. The quantitative estimate of drug-likeness (QED) is 0.498. The Balaban J connectivity index is 2.12. The molecule has 0 aliphatic heterocycles. The molecule has 0 saturated heterocycles. The van der Waals surface area contributed by atoms with Gasteiger partial charge in [-0.05, 0) is 30.3 Å². The molecule has 3 aromatic rings. The number of benzene rings is 2. The predicted molar refractivity (Wildman–Crippen MR) is 102 cm³/mol. The number of carbonyl (C=O) groups is 2. The zero-order valence-corrected chi connectivity index (χ0v) is 15.5. The number of nitrogens with zero attached hydrogens (tertiary/aromatic N) is 1. The van der Waals surface area contributed by atoms with Gasteiger partial charge in [0, 0.05) is 33.6 Å². The summed E-state index contributed by atoms with van der Waals surface area (Å²) in [5, 5.41) is 5.32. The number of fused-ring (bicyclic) bond motifs is 1. The lowest BCUT2D eigenvalue weighted by Gasteiger charge is -2.15. The standard InChI is InChI=1S/C18H15Cl2N3O3/c1-23(26-2)18(25)22-15-13-7-6-12(20)9-14(13)21-16(15)17(24)10-4-3-5-11(19)8-10/h3-9,21H,1-2H3,(H,22,25). The molecule has 0 spiro atoms. The summed E-state index contributed by atoms with van der Waals surface area (Å²) in [5.41, 5.74) is 1.59. The zero-order valence-electron chi connectivity index (χ0n) is 14.0. The molecule has 1 aromatic heterocycles. The minimum atomic E-state index is -0.525. The molecule has 1 heterocycles. The largest absolute Gasteiger partial charge is 0.350 e. The minimum absolute atomic E-state index is 0.224. The average molecular weight is 392 g/mol. The van der Waals surface area contributed by atoms with Crippen LogP contribution in [-0.2, 0) is 4.84 Å². The SMILES string of the molecule is CON(C)C(=O)Nc1c(C(=O)c2cccc(Cl)c2)[nH]c2cc(Cl)ccc12. The van der Waals surface area contributed by atoms with Crippen LogP contribution in [0.15, 0.2) is 42.5 Å². The van der Waals surface area contributed by atoms with E-state index in [0.717, 1.165) is 5.06 Å². The number of hydrogen-bond donors (Lipinski definition) is 2. The highest BCUT2D eigenvalue weighted by molar-refractivity contribution is 6.32. The topological polar surface area (TPSA) is 74.4 Å². The van der Waals surface area contributed by atoms with Gasteiger partial charge in [0.2, 0.25) is 5.78 Å². The number of aromatic amines is 1. The lowest BCUT2D eigenvalue weighted by Crippen LogP contribution is -2.30. The average Bonchev–Trinajstić information content (AvgIpc) is 2.97. The Labute approximate surface area is 159 Å². The van der Waals surface area contributed by atoms with Crippen LogP contribution in [0.1, 0.15) is 16.1 Å². The van der Waals surface area contributed by atoms with Crippen LogP contribution in [-0.4, -0.2) is 36.0 Å². The van der Waals surface area contributed by atoms with E-state index >= 15 is 0 Å². The molecule has 8 heteroatoms. The summed E-state index contributed by atoms with van der Waals surface area (Å²) in [6.45, 7) is 0. The zero-order chi connectivity index (χ0) is 18.8. The fraction of sp³-hybridized carbons (Fsp3) is 0.111. The lowest BCUT2D eigenvalue weighted by atomic mass is 10.1. The van der Waals surface area contributed by atoms with Crippen LogP contribution in [0, 0.1) is 0 Å². The van der Waals surface area contributed by atoms with E-state index in [1.54, 1.807) is 42.5 Å². The number of H-pyrrole nitrogens is 1. The van der Waals surface area contributed by atoms with Gasteiger partial charge in [-0.3, -0.25) is 9.63 Å². The summed E-state index contributed by atoms with van der Waals surface area (Å²) in [6, 6.07) is 11.2. The number of urea groups is 1. The van der Waals surface area contributed by atoms with Crippen molar-refractivity contribution < 1.29 is 14.4 Å². The van der Waals surface area contributed by atoms with Gasteiger partial charge in [0.25, 0.3) is 0 Å². The molecule has 134 valence electrons. The van der Waals surface area contributed by atoms with Crippen molar-refractivity contribution >= 4 is 51.6 Å². The number of hydrogen-bond acceptors (Lipinski definition) is 3. The summed E-state index contributed by atoms with van der Waals surface area (Å²) in [6.07, 6.45) is 0. The summed E-state index contributed by atoms with van der Waals surface area (Å²) in [7, 11) is 2.83.